The molecule has 27 heavy (non-hydrogen) atoms. The number of halogens is 1. The van der Waals surface area contributed by atoms with E-state index in [1.165, 1.54) is 10.6 Å². The lowest BCUT2D eigenvalue weighted by atomic mass is 10.2. The minimum absolute atomic E-state index is 0.107. The molecule has 0 aliphatic carbocycles. The van der Waals surface area contributed by atoms with Gasteiger partial charge in [0.2, 0.25) is 0 Å². The van der Waals surface area contributed by atoms with Crippen LogP contribution in [0.3, 0.4) is 0 Å². The van der Waals surface area contributed by atoms with Crippen molar-refractivity contribution >= 4 is 23.1 Å². The van der Waals surface area contributed by atoms with Gasteiger partial charge in [0.1, 0.15) is 11.6 Å². The molecule has 2 heterocycles. The molecular weight excluding hydrogens is 341 g/mol. The third-order valence-corrected chi connectivity index (χ3v) is 4.29. The van der Waals surface area contributed by atoms with Gasteiger partial charge in [-0.3, -0.25) is 14.3 Å². The van der Waals surface area contributed by atoms with E-state index in [-0.39, 0.29) is 17.9 Å². The molecule has 0 aliphatic rings. The Labute approximate surface area is 155 Å². The van der Waals surface area contributed by atoms with Gasteiger partial charge < -0.3 is 0 Å². The van der Waals surface area contributed by atoms with Crippen molar-refractivity contribution in [3.05, 3.63) is 106 Å². The van der Waals surface area contributed by atoms with Gasteiger partial charge in [0.25, 0.3) is 5.56 Å². The number of fused-ring (bicyclic) bond motifs is 1. The molecule has 0 saturated heterocycles. The van der Waals surface area contributed by atoms with Gasteiger partial charge >= 0.3 is 0 Å². The topological polar surface area (TPSA) is 47.8 Å². The van der Waals surface area contributed by atoms with Crippen LogP contribution in [0.2, 0.25) is 0 Å². The number of benzene rings is 2. The summed E-state index contributed by atoms with van der Waals surface area (Å²) >= 11 is 0. The lowest BCUT2D eigenvalue weighted by molar-refractivity contribution is 0.594. The molecule has 4 rings (SSSR count). The van der Waals surface area contributed by atoms with E-state index >= 15 is 0 Å². The fraction of sp³-hybridized carbons (Fsp3) is 0.0455. The van der Waals surface area contributed by atoms with Crippen LogP contribution in [0, 0.1) is 5.82 Å². The van der Waals surface area contributed by atoms with Gasteiger partial charge in [-0.25, -0.2) is 9.37 Å². The average Bonchev–Trinajstić information content (AvgIpc) is 2.71. The monoisotopic (exact) mass is 357 g/mol. The summed E-state index contributed by atoms with van der Waals surface area (Å²) in [6.07, 6.45) is 7.00. The quantitative estimate of drug-likeness (QED) is 0.551. The minimum Gasteiger partial charge on any atom is -0.288 e. The fourth-order valence-electron chi connectivity index (χ4n) is 2.91. The van der Waals surface area contributed by atoms with Gasteiger partial charge in [0.05, 0.1) is 17.4 Å². The van der Waals surface area contributed by atoms with Crippen LogP contribution in [0.4, 0.5) is 4.39 Å². The second-order valence-corrected chi connectivity index (χ2v) is 6.09. The normalized spacial score (nSPS) is 11.3. The predicted octanol–water partition coefficient (Wildman–Crippen LogP) is 4.15. The summed E-state index contributed by atoms with van der Waals surface area (Å²) in [4.78, 5) is 21.7. The second kappa shape index (κ2) is 7.33. The van der Waals surface area contributed by atoms with Gasteiger partial charge in [-0.05, 0) is 42.0 Å². The molecule has 5 heteroatoms. The highest BCUT2D eigenvalue weighted by Crippen LogP contribution is 2.14. The molecule has 4 aromatic rings. The second-order valence-electron chi connectivity index (χ2n) is 6.09. The van der Waals surface area contributed by atoms with E-state index in [4.69, 9.17) is 0 Å². The summed E-state index contributed by atoms with van der Waals surface area (Å²) in [5.41, 5.74) is 1.73. The SMILES string of the molecule is O=c1c2ccccc2nc(/C=C/c2cccnc2)n1Cc1ccccc1F. The van der Waals surface area contributed by atoms with Gasteiger partial charge in [0.15, 0.2) is 0 Å². The third kappa shape index (κ3) is 3.53. The Balaban J connectivity index is 1.86. The Kier molecular flexibility index (Phi) is 4.58. The molecule has 0 fully saturated rings. The van der Waals surface area contributed by atoms with Crippen molar-refractivity contribution in [1.82, 2.24) is 14.5 Å². The molecule has 2 aromatic carbocycles. The molecule has 0 bridgehead atoms. The van der Waals surface area contributed by atoms with Crippen molar-refractivity contribution in [3.8, 4) is 0 Å². The highest BCUT2D eigenvalue weighted by atomic mass is 19.1. The van der Waals surface area contributed by atoms with Gasteiger partial charge in [0, 0.05) is 18.0 Å². The van der Waals surface area contributed by atoms with E-state index in [9.17, 15) is 9.18 Å². The largest absolute Gasteiger partial charge is 0.288 e. The Morgan fingerprint density at radius 1 is 0.963 bits per heavy atom. The third-order valence-electron chi connectivity index (χ3n) is 4.29. The van der Waals surface area contributed by atoms with Crippen molar-refractivity contribution in [2.45, 2.75) is 6.54 Å². The van der Waals surface area contributed by atoms with Gasteiger partial charge in [-0.1, -0.05) is 36.4 Å². The summed E-state index contributed by atoms with van der Waals surface area (Å²) < 4.78 is 15.6. The number of nitrogens with zero attached hydrogens (tertiary/aromatic N) is 3. The van der Waals surface area contributed by atoms with E-state index in [2.05, 4.69) is 9.97 Å². The van der Waals surface area contributed by atoms with Gasteiger partial charge in [-0.15, -0.1) is 0 Å². The maximum absolute atomic E-state index is 14.1. The highest BCUT2D eigenvalue weighted by Gasteiger charge is 2.11. The van der Waals surface area contributed by atoms with Crippen LogP contribution < -0.4 is 5.56 Å². The average molecular weight is 357 g/mol. The van der Waals surface area contributed by atoms with Crippen LogP contribution >= 0.6 is 0 Å². The Morgan fingerprint density at radius 3 is 2.59 bits per heavy atom. The van der Waals surface area contributed by atoms with Crippen LogP contribution in [0.15, 0.2) is 77.9 Å². The van der Waals surface area contributed by atoms with E-state index in [0.29, 0.717) is 22.3 Å². The van der Waals surface area contributed by atoms with E-state index in [1.807, 2.05) is 24.3 Å². The van der Waals surface area contributed by atoms with Crippen LogP contribution in [0.1, 0.15) is 17.0 Å². The zero-order valence-corrected chi connectivity index (χ0v) is 14.4. The van der Waals surface area contributed by atoms with Crippen molar-refractivity contribution in [3.63, 3.8) is 0 Å². The first-order chi connectivity index (χ1) is 13.2. The smallest absolute Gasteiger partial charge is 0.261 e. The first kappa shape index (κ1) is 16.8. The number of pyridine rings is 1. The fourth-order valence-corrected chi connectivity index (χ4v) is 2.91. The highest BCUT2D eigenvalue weighted by molar-refractivity contribution is 5.79. The van der Waals surface area contributed by atoms with Crippen LogP contribution in [-0.2, 0) is 6.54 Å². The lowest BCUT2D eigenvalue weighted by Gasteiger charge is -2.12. The molecule has 0 spiro atoms. The van der Waals surface area contributed by atoms with Crippen molar-refractivity contribution in [1.29, 1.82) is 0 Å². The van der Waals surface area contributed by atoms with E-state index in [0.717, 1.165) is 5.56 Å². The molecule has 2 aromatic heterocycles. The molecule has 0 amide bonds. The van der Waals surface area contributed by atoms with Crippen molar-refractivity contribution in [2.24, 2.45) is 0 Å². The number of para-hydroxylation sites is 1. The number of aromatic nitrogens is 3. The Bertz CT molecular complexity index is 1180. The summed E-state index contributed by atoms with van der Waals surface area (Å²) in [5, 5.41) is 0.507. The minimum atomic E-state index is -0.347. The first-order valence-corrected chi connectivity index (χ1v) is 8.53. The van der Waals surface area contributed by atoms with Crippen LogP contribution in [0.25, 0.3) is 23.1 Å². The van der Waals surface area contributed by atoms with E-state index < -0.39 is 0 Å². The number of hydrogen-bond acceptors (Lipinski definition) is 3. The zero-order valence-electron chi connectivity index (χ0n) is 14.4. The predicted molar refractivity (Wildman–Crippen MR) is 105 cm³/mol. The molecule has 0 aliphatic heterocycles. The molecule has 0 N–H and O–H groups in total. The summed E-state index contributed by atoms with van der Waals surface area (Å²) in [5.74, 6) is 0.116. The van der Waals surface area contributed by atoms with Crippen LogP contribution in [0.5, 0.6) is 0 Å². The lowest BCUT2D eigenvalue weighted by Crippen LogP contribution is -2.25. The van der Waals surface area contributed by atoms with E-state index in [1.54, 1.807) is 54.9 Å². The summed E-state index contributed by atoms with van der Waals surface area (Å²) in [7, 11) is 0. The molecule has 0 unspecified atom stereocenters. The van der Waals surface area contributed by atoms with Crippen LogP contribution in [-0.4, -0.2) is 14.5 Å². The zero-order chi connectivity index (χ0) is 18.6. The Hall–Kier alpha value is -3.60. The summed E-state index contributed by atoms with van der Waals surface area (Å²) in [6, 6.07) is 17.3. The van der Waals surface area contributed by atoms with Crippen molar-refractivity contribution in [2.75, 3.05) is 0 Å². The molecule has 4 nitrogen and oxygen atoms in total. The maximum atomic E-state index is 14.1. The summed E-state index contributed by atoms with van der Waals surface area (Å²) in [6.45, 7) is 0.107. The first-order valence-electron chi connectivity index (χ1n) is 8.53. The molecule has 132 valence electrons. The number of hydrogen-bond donors (Lipinski definition) is 0. The standard InChI is InChI=1S/C22H16FN3O/c23-19-9-3-1-7-17(19)15-26-21(12-11-16-6-5-13-24-14-16)25-20-10-4-2-8-18(20)22(26)27/h1-14H,15H2/b12-11+. The van der Waals surface area contributed by atoms with Gasteiger partial charge in [-0.2, -0.15) is 0 Å². The van der Waals surface area contributed by atoms with Crippen molar-refractivity contribution < 1.29 is 4.39 Å². The molecule has 0 atom stereocenters. The Morgan fingerprint density at radius 2 is 1.78 bits per heavy atom. The number of rotatable bonds is 4. The molecule has 0 radical (unpaired) electrons. The molecule has 0 saturated carbocycles. The molecular formula is C22H16FN3O. The maximum Gasteiger partial charge on any atom is 0.261 e.